The van der Waals surface area contributed by atoms with Crippen LogP contribution >= 0.6 is 0 Å². The number of aromatic nitrogens is 2. The lowest BCUT2D eigenvalue weighted by Crippen LogP contribution is -2.36. The van der Waals surface area contributed by atoms with Crippen molar-refractivity contribution in [1.82, 2.24) is 15.3 Å². The summed E-state index contributed by atoms with van der Waals surface area (Å²) in [6.45, 7) is 0. The van der Waals surface area contributed by atoms with Crippen LogP contribution in [0.25, 0.3) is 0 Å². The standard InChI is InChI=1S/C15H22N4O3S/c20-15(19-12-6-7-23(21,22)9-12)13-8-14(17-10-16-13)18-11-4-2-1-3-5-11/h8,10-12H,1-7,9H2,(H,19,20)(H,16,17,18). The minimum atomic E-state index is -3.01. The van der Waals surface area contributed by atoms with E-state index in [9.17, 15) is 13.2 Å². The van der Waals surface area contributed by atoms with Gasteiger partial charge in [0, 0.05) is 18.2 Å². The van der Waals surface area contributed by atoms with Crippen molar-refractivity contribution in [2.75, 3.05) is 16.8 Å². The fourth-order valence-corrected chi connectivity index (χ4v) is 4.86. The van der Waals surface area contributed by atoms with Crippen molar-refractivity contribution in [2.45, 2.75) is 50.6 Å². The summed E-state index contributed by atoms with van der Waals surface area (Å²) in [5.74, 6) is 0.449. The van der Waals surface area contributed by atoms with Crippen molar-refractivity contribution in [3.05, 3.63) is 18.1 Å². The molecule has 1 unspecified atom stereocenters. The summed E-state index contributed by atoms with van der Waals surface area (Å²) in [5.41, 5.74) is 0.266. The Morgan fingerprint density at radius 3 is 2.57 bits per heavy atom. The van der Waals surface area contributed by atoms with Crippen LogP contribution < -0.4 is 10.6 Å². The van der Waals surface area contributed by atoms with E-state index in [0.717, 1.165) is 12.8 Å². The maximum atomic E-state index is 12.2. The molecule has 23 heavy (non-hydrogen) atoms. The molecule has 1 aromatic rings. The molecule has 0 radical (unpaired) electrons. The molecule has 1 amide bonds. The van der Waals surface area contributed by atoms with Gasteiger partial charge in [0.15, 0.2) is 9.84 Å². The van der Waals surface area contributed by atoms with Crippen molar-refractivity contribution in [3.8, 4) is 0 Å². The first-order valence-electron chi connectivity index (χ1n) is 8.12. The van der Waals surface area contributed by atoms with Gasteiger partial charge in [-0.1, -0.05) is 19.3 Å². The summed E-state index contributed by atoms with van der Waals surface area (Å²) in [5, 5.41) is 6.10. The van der Waals surface area contributed by atoms with Gasteiger partial charge in [0.25, 0.3) is 5.91 Å². The van der Waals surface area contributed by atoms with E-state index in [0.29, 0.717) is 18.3 Å². The van der Waals surface area contributed by atoms with E-state index in [1.807, 2.05) is 0 Å². The molecule has 0 bridgehead atoms. The minimum Gasteiger partial charge on any atom is -0.367 e. The SMILES string of the molecule is O=C(NC1CCS(=O)(=O)C1)c1cc(NC2CCCCC2)ncn1. The molecule has 1 saturated heterocycles. The summed E-state index contributed by atoms with van der Waals surface area (Å²) in [6, 6.07) is 1.71. The largest absolute Gasteiger partial charge is 0.367 e. The van der Waals surface area contributed by atoms with E-state index in [-0.39, 0.29) is 29.1 Å². The Balaban J connectivity index is 1.61. The zero-order chi connectivity index (χ0) is 16.3. The molecule has 1 aromatic heterocycles. The smallest absolute Gasteiger partial charge is 0.270 e. The molecule has 1 atom stereocenters. The molecular weight excluding hydrogens is 316 g/mol. The molecule has 8 heteroatoms. The second kappa shape index (κ2) is 6.82. The van der Waals surface area contributed by atoms with Gasteiger partial charge in [0.05, 0.1) is 11.5 Å². The second-order valence-electron chi connectivity index (χ2n) is 6.34. The van der Waals surface area contributed by atoms with E-state index in [1.54, 1.807) is 6.07 Å². The summed E-state index contributed by atoms with van der Waals surface area (Å²) in [4.78, 5) is 20.4. The average molecular weight is 338 g/mol. The van der Waals surface area contributed by atoms with Crippen LogP contribution in [0.15, 0.2) is 12.4 Å². The van der Waals surface area contributed by atoms with Crippen LogP contribution in [0.1, 0.15) is 49.0 Å². The van der Waals surface area contributed by atoms with Gasteiger partial charge in [-0.25, -0.2) is 18.4 Å². The van der Waals surface area contributed by atoms with Gasteiger partial charge >= 0.3 is 0 Å². The Hall–Kier alpha value is -1.70. The number of sulfone groups is 1. The lowest BCUT2D eigenvalue weighted by molar-refractivity contribution is 0.0936. The van der Waals surface area contributed by atoms with E-state index in [1.165, 1.54) is 25.6 Å². The van der Waals surface area contributed by atoms with Gasteiger partial charge in [-0.15, -0.1) is 0 Å². The second-order valence-corrected chi connectivity index (χ2v) is 8.57. The first-order chi connectivity index (χ1) is 11.0. The maximum Gasteiger partial charge on any atom is 0.270 e. The van der Waals surface area contributed by atoms with Gasteiger partial charge in [0.2, 0.25) is 0 Å². The zero-order valence-corrected chi connectivity index (χ0v) is 13.8. The monoisotopic (exact) mass is 338 g/mol. The lowest BCUT2D eigenvalue weighted by Gasteiger charge is -2.23. The molecule has 126 valence electrons. The molecule has 0 aromatic carbocycles. The van der Waals surface area contributed by atoms with Gasteiger partial charge in [-0.2, -0.15) is 0 Å². The third-order valence-corrected chi connectivity index (χ3v) is 6.19. The fraction of sp³-hybridized carbons (Fsp3) is 0.667. The van der Waals surface area contributed by atoms with Crippen LogP contribution in [0.3, 0.4) is 0 Å². The molecule has 2 fully saturated rings. The molecule has 2 N–H and O–H groups in total. The fourth-order valence-electron chi connectivity index (χ4n) is 3.18. The van der Waals surface area contributed by atoms with Gasteiger partial charge in [0.1, 0.15) is 17.8 Å². The number of rotatable bonds is 4. The van der Waals surface area contributed by atoms with Crippen molar-refractivity contribution in [2.24, 2.45) is 0 Å². The van der Waals surface area contributed by atoms with E-state index in [4.69, 9.17) is 0 Å². The summed E-state index contributed by atoms with van der Waals surface area (Å²) in [7, 11) is -3.01. The van der Waals surface area contributed by atoms with E-state index < -0.39 is 9.84 Å². The predicted molar refractivity (Wildman–Crippen MR) is 87.1 cm³/mol. The van der Waals surface area contributed by atoms with Crippen LogP contribution in [-0.4, -0.2) is 47.9 Å². The van der Waals surface area contributed by atoms with Crippen molar-refractivity contribution >= 4 is 21.6 Å². The highest BCUT2D eigenvalue weighted by Gasteiger charge is 2.29. The maximum absolute atomic E-state index is 12.2. The molecule has 0 spiro atoms. The normalized spacial score (nSPS) is 24.3. The average Bonchev–Trinajstić information content (AvgIpc) is 2.87. The minimum absolute atomic E-state index is 0.0109. The number of hydrogen-bond donors (Lipinski definition) is 2. The molecule has 3 rings (SSSR count). The number of carbonyl (C=O) groups is 1. The molecule has 2 heterocycles. The number of amides is 1. The van der Waals surface area contributed by atoms with Crippen molar-refractivity contribution in [1.29, 1.82) is 0 Å². The number of nitrogens with zero attached hydrogens (tertiary/aromatic N) is 2. The van der Waals surface area contributed by atoms with Crippen LogP contribution in [0.4, 0.5) is 5.82 Å². The van der Waals surface area contributed by atoms with Crippen molar-refractivity contribution in [3.63, 3.8) is 0 Å². The van der Waals surface area contributed by atoms with Gasteiger partial charge < -0.3 is 10.6 Å². The first-order valence-corrected chi connectivity index (χ1v) is 9.94. The lowest BCUT2D eigenvalue weighted by atomic mass is 9.95. The van der Waals surface area contributed by atoms with Crippen LogP contribution in [0.2, 0.25) is 0 Å². The summed E-state index contributed by atoms with van der Waals surface area (Å²) in [6.07, 6.45) is 7.77. The predicted octanol–water partition coefficient (Wildman–Crippen LogP) is 1.14. The van der Waals surface area contributed by atoms with Gasteiger partial charge in [-0.05, 0) is 19.3 Å². The van der Waals surface area contributed by atoms with E-state index >= 15 is 0 Å². The number of hydrogen-bond acceptors (Lipinski definition) is 6. The number of nitrogens with one attached hydrogen (secondary N) is 2. The number of carbonyl (C=O) groups excluding carboxylic acids is 1. The molecule has 1 saturated carbocycles. The summed E-state index contributed by atoms with van der Waals surface area (Å²) >= 11 is 0. The van der Waals surface area contributed by atoms with Crippen LogP contribution in [0, 0.1) is 0 Å². The highest BCUT2D eigenvalue weighted by atomic mass is 32.2. The Kier molecular flexibility index (Phi) is 4.79. The number of anilines is 1. The Bertz CT molecular complexity index is 671. The molecular formula is C15H22N4O3S. The third-order valence-electron chi connectivity index (χ3n) is 4.42. The van der Waals surface area contributed by atoms with Crippen molar-refractivity contribution < 1.29 is 13.2 Å². The Morgan fingerprint density at radius 1 is 1.09 bits per heavy atom. The molecule has 1 aliphatic heterocycles. The Labute approximate surface area is 136 Å². The summed E-state index contributed by atoms with van der Waals surface area (Å²) < 4.78 is 22.9. The highest BCUT2D eigenvalue weighted by Crippen LogP contribution is 2.21. The highest BCUT2D eigenvalue weighted by molar-refractivity contribution is 7.91. The molecule has 1 aliphatic carbocycles. The molecule has 2 aliphatic rings. The topological polar surface area (TPSA) is 101 Å². The Morgan fingerprint density at radius 2 is 1.87 bits per heavy atom. The molecule has 7 nitrogen and oxygen atoms in total. The van der Waals surface area contributed by atoms with Gasteiger partial charge in [-0.3, -0.25) is 4.79 Å². The van der Waals surface area contributed by atoms with Crippen LogP contribution in [0.5, 0.6) is 0 Å². The zero-order valence-electron chi connectivity index (χ0n) is 13.0. The first kappa shape index (κ1) is 16.2. The third kappa shape index (κ3) is 4.40. The quantitative estimate of drug-likeness (QED) is 0.854. The van der Waals surface area contributed by atoms with Crippen LogP contribution in [-0.2, 0) is 9.84 Å². The van der Waals surface area contributed by atoms with E-state index in [2.05, 4.69) is 20.6 Å².